The van der Waals surface area contributed by atoms with Crippen molar-refractivity contribution < 1.29 is 28.2 Å². The average molecular weight is 952 g/mol. The number of carbonyl (C=O) groups is 2. The third-order valence-electron chi connectivity index (χ3n) is 16.0. The van der Waals surface area contributed by atoms with E-state index in [-0.39, 0.29) is 46.2 Å². The molecule has 3 aromatic carbocycles. The van der Waals surface area contributed by atoms with Gasteiger partial charge in [0.25, 0.3) is 0 Å². The molecule has 2 N–H and O–H groups in total. The summed E-state index contributed by atoms with van der Waals surface area (Å²) < 4.78 is 41.7. The van der Waals surface area contributed by atoms with Crippen molar-refractivity contribution in [2.45, 2.75) is 88.7 Å². The molecule has 5 fully saturated rings. The largest absolute Gasteiger partial charge is 0.463 e. The number of piperidine rings is 4. The van der Waals surface area contributed by atoms with Gasteiger partial charge in [-0.05, 0) is 132 Å². The highest BCUT2D eigenvalue weighted by atomic mass is 19.1. The van der Waals surface area contributed by atoms with E-state index < -0.39 is 29.2 Å². The number of likely N-dealkylation sites (tertiary alicyclic amines) is 2. The van der Waals surface area contributed by atoms with Crippen molar-refractivity contribution in [1.82, 2.24) is 39.2 Å². The number of imide groups is 1. The van der Waals surface area contributed by atoms with E-state index in [0.29, 0.717) is 71.9 Å². The molecule has 7 heterocycles. The lowest BCUT2D eigenvalue weighted by molar-refractivity contribution is -0.135. The molecule has 1 unspecified atom stereocenters. The minimum absolute atomic E-state index is 0.00129. The fraction of sp³-hybridized carbons (Fsp3) is 0.481. The van der Waals surface area contributed by atoms with Crippen LogP contribution >= 0.6 is 0 Å². The first-order chi connectivity index (χ1) is 33.8. The summed E-state index contributed by atoms with van der Waals surface area (Å²) >= 11 is 0. The predicted octanol–water partition coefficient (Wildman–Crippen LogP) is 6.84. The number of β-amino-alcohol motifs (C(OH)–C–C–N with tert-alkyl or cyclic N) is 1. The maximum Gasteiger partial charge on any atom is 0.329 e. The molecule has 1 aliphatic carbocycles. The molecule has 0 radical (unpaired) electrons. The van der Waals surface area contributed by atoms with E-state index >= 15 is 4.39 Å². The number of anilines is 1. The van der Waals surface area contributed by atoms with Gasteiger partial charge in [-0.2, -0.15) is 9.97 Å². The van der Waals surface area contributed by atoms with Crippen LogP contribution in [0.5, 0.6) is 6.01 Å². The molecule has 16 heteroatoms. The second-order valence-corrected chi connectivity index (χ2v) is 21.0. The molecule has 14 nitrogen and oxygen atoms in total. The van der Waals surface area contributed by atoms with Gasteiger partial charge in [0.1, 0.15) is 28.9 Å². The summed E-state index contributed by atoms with van der Waals surface area (Å²) in [6, 6.07) is 13.8. The van der Waals surface area contributed by atoms with Crippen LogP contribution in [0.25, 0.3) is 44.0 Å². The van der Waals surface area contributed by atoms with Gasteiger partial charge in [-0.3, -0.25) is 29.0 Å². The lowest BCUT2D eigenvalue weighted by atomic mass is 9.88. The molecule has 2 amide bonds. The van der Waals surface area contributed by atoms with Gasteiger partial charge < -0.3 is 24.5 Å². The number of imidazole rings is 1. The van der Waals surface area contributed by atoms with Crippen molar-refractivity contribution in [2.24, 2.45) is 18.4 Å². The highest BCUT2D eigenvalue weighted by Gasteiger charge is 2.46. The van der Waals surface area contributed by atoms with Crippen LogP contribution in [0.4, 0.5) is 14.6 Å². The Balaban J connectivity index is 0.729. The van der Waals surface area contributed by atoms with Gasteiger partial charge in [0.2, 0.25) is 11.8 Å². The van der Waals surface area contributed by atoms with Gasteiger partial charge in [0, 0.05) is 62.2 Å². The van der Waals surface area contributed by atoms with Crippen molar-refractivity contribution >= 4 is 50.3 Å². The number of rotatable bonds is 11. The number of fused-ring (bicyclic) bond motifs is 3. The van der Waals surface area contributed by atoms with E-state index in [1.54, 1.807) is 53.6 Å². The summed E-state index contributed by atoms with van der Waals surface area (Å²) in [5.41, 5.74) is 1.93. The lowest BCUT2D eigenvalue weighted by Crippen LogP contribution is -2.46. The monoisotopic (exact) mass is 951 g/mol. The number of pyridine rings is 1. The van der Waals surface area contributed by atoms with E-state index in [4.69, 9.17) is 21.1 Å². The second-order valence-electron chi connectivity index (χ2n) is 21.0. The first kappa shape index (κ1) is 46.1. The highest BCUT2D eigenvalue weighted by Crippen LogP contribution is 2.47. The normalized spacial score (nSPS) is 22.7. The zero-order valence-electron chi connectivity index (χ0n) is 39.9. The van der Waals surface area contributed by atoms with Crippen LogP contribution in [0.3, 0.4) is 0 Å². The van der Waals surface area contributed by atoms with Gasteiger partial charge in [-0.15, -0.1) is 6.42 Å². The number of nitrogens with zero attached hydrogens (tertiary/aromatic N) is 8. The number of carbonyl (C=O) groups excluding carboxylic acids is 2. The third-order valence-corrected chi connectivity index (χ3v) is 16.0. The van der Waals surface area contributed by atoms with E-state index in [1.165, 1.54) is 11.6 Å². The number of terminal acetylenes is 1. The Bertz CT molecular complexity index is 3160. The summed E-state index contributed by atoms with van der Waals surface area (Å²) in [6.07, 6.45) is 15.6. The number of ether oxygens (including phenoxy) is 1. The fourth-order valence-electron chi connectivity index (χ4n) is 11.8. The standard InChI is InChI=1S/C54H59F2N9O5/c1-4-37-40(55)11-9-35-7-5-8-38(45(35)37)47-46(56)48-39(28-57-47)49(64-22-6-19-53(2,69)30-64)60-51(59-48)70-32-54(20-21-54)31-63-23-15-33(16-24-63)29-62-25-17-34(18-26-62)36-10-12-41-43(27-36)61(3)52(68)65(41)42-13-14-44(66)58-50(42)67/h1,5,7-12,27-28,33-34,42,69H,6,13-26,29-32H2,2-3H3,(H,58,66,67)/t42?,53-/m1/s1. The minimum atomic E-state index is -0.956. The molecular weight excluding hydrogens is 893 g/mol. The van der Waals surface area contributed by atoms with Crippen molar-refractivity contribution in [1.29, 1.82) is 0 Å². The molecule has 5 aliphatic rings. The Labute approximate surface area is 405 Å². The Kier molecular flexibility index (Phi) is 12.0. The molecule has 2 atom stereocenters. The number of hydrogen-bond acceptors (Lipinski definition) is 11. The van der Waals surface area contributed by atoms with Crippen LogP contribution in [0.2, 0.25) is 0 Å². The molecule has 1 saturated carbocycles. The Morgan fingerprint density at radius 3 is 2.46 bits per heavy atom. The number of hydrogen-bond donors (Lipinski definition) is 2. The average Bonchev–Trinajstić information content (AvgIpc) is 4.08. The topological polar surface area (TPSA) is 151 Å². The smallest absolute Gasteiger partial charge is 0.329 e. The summed E-state index contributed by atoms with van der Waals surface area (Å²) in [5, 5.41) is 14.9. The van der Waals surface area contributed by atoms with E-state index in [2.05, 4.69) is 38.2 Å². The van der Waals surface area contributed by atoms with Crippen LogP contribution in [-0.4, -0.2) is 115 Å². The van der Waals surface area contributed by atoms with Crippen LogP contribution in [-0.2, 0) is 16.6 Å². The number of aromatic nitrogens is 5. The molecule has 4 aliphatic heterocycles. The minimum Gasteiger partial charge on any atom is -0.463 e. The van der Waals surface area contributed by atoms with Gasteiger partial charge in [-0.1, -0.05) is 36.3 Å². The second kappa shape index (κ2) is 18.2. The molecule has 0 bridgehead atoms. The summed E-state index contributed by atoms with van der Waals surface area (Å²) in [6.45, 7) is 9.19. The number of amides is 2. The SMILES string of the molecule is C#Cc1c(F)ccc2cccc(-c3ncc4c(N5CCC[C@@](C)(O)C5)nc(OCC5(CN6CCC(CN7CCC(c8ccc9c(c8)n(C)c(=O)n9C8CCC(=O)NC8=O)CC7)CC6)CC5)nc4c3F)c12. The number of nitrogens with one attached hydrogen (secondary N) is 1. The first-order valence-electron chi connectivity index (χ1n) is 24.9. The molecule has 6 aromatic rings. The number of aliphatic hydroxyl groups is 1. The Morgan fingerprint density at radius 2 is 1.71 bits per heavy atom. The molecule has 70 heavy (non-hydrogen) atoms. The lowest BCUT2D eigenvalue weighted by Gasteiger charge is -2.38. The Morgan fingerprint density at radius 1 is 0.929 bits per heavy atom. The van der Waals surface area contributed by atoms with Crippen molar-refractivity contribution in [3.63, 3.8) is 0 Å². The van der Waals surface area contributed by atoms with Crippen LogP contribution in [0, 0.1) is 35.3 Å². The molecule has 11 rings (SSSR count). The van der Waals surface area contributed by atoms with Gasteiger partial charge >= 0.3 is 11.7 Å². The Hall–Kier alpha value is -6.28. The van der Waals surface area contributed by atoms with Gasteiger partial charge in [0.05, 0.1) is 34.2 Å². The maximum absolute atomic E-state index is 17.0. The van der Waals surface area contributed by atoms with Gasteiger partial charge in [-0.25, -0.2) is 13.6 Å². The van der Waals surface area contributed by atoms with Crippen LogP contribution in [0.15, 0.2) is 59.5 Å². The van der Waals surface area contributed by atoms with Crippen molar-refractivity contribution in [3.8, 4) is 29.6 Å². The van der Waals surface area contributed by atoms with Crippen LogP contribution < -0.4 is 20.6 Å². The van der Waals surface area contributed by atoms with E-state index in [9.17, 15) is 23.9 Å². The zero-order chi connectivity index (χ0) is 48.5. The van der Waals surface area contributed by atoms with Crippen molar-refractivity contribution in [3.05, 3.63) is 88.0 Å². The summed E-state index contributed by atoms with van der Waals surface area (Å²) in [7, 11) is 1.75. The summed E-state index contributed by atoms with van der Waals surface area (Å²) in [4.78, 5) is 59.1. The fourth-order valence-corrected chi connectivity index (χ4v) is 11.8. The predicted molar refractivity (Wildman–Crippen MR) is 264 cm³/mol. The molecule has 364 valence electrons. The summed E-state index contributed by atoms with van der Waals surface area (Å²) in [5.74, 6) is 1.94. The van der Waals surface area contributed by atoms with E-state index in [0.717, 1.165) is 95.2 Å². The molecule has 3 aromatic heterocycles. The first-order valence-corrected chi connectivity index (χ1v) is 24.9. The van der Waals surface area contributed by atoms with Gasteiger partial charge in [0.15, 0.2) is 5.82 Å². The zero-order valence-corrected chi connectivity index (χ0v) is 39.9. The molecular formula is C54H59F2N9O5. The van der Waals surface area contributed by atoms with E-state index in [1.807, 2.05) is 11.0 Å². The third kappa shape index (κ3) is 8.70. The molecule has 0 spiro atoms. The maximum atomic E-state index is 17.0. The number of halogens is 2. The van der Waals surface area contributed by atoms with Crippen molar-refractivity contribution in [2.75, 3.05) is 63.9 Å². The molecule has 4 saturated heterocycles. The highest BCUT2D eigenvalue weighted by molar-refractivity contribution is 6.02. The number of benzene rings is 3. The number of aryl methyl sites for hydroxylation is 1. The quantitative estimate of drug-likeness (QED) is 0.104. The van der Waals surface area contributed by atoms with Crippen LogP contribution in [0.1, 0.15) is 94.2 Å².